The van der Waals surface area contributed by atoms with Crippen LogP contribution < -0.4 is 25.6 Å². The van der Waals surface area contributed by atoms with Gasteiger partial charge in [-0.2, -0.15) is 0 Å². The molecular weight excluding hydrogens is 334 g/mol. The summed E-state index contributed by atoms with van der Waals surface area (Å²) in [4.78, 5) is 0. The lowest BCUT2D eigenvalue weighted by atomic mass is 10.2. The predicted molar refractivity (Wildman–Crippen MR) is 107 cm³/mol. The van der Waals surface area contributed by atoms with Crippen molar-refractivity contribution in [1.82, 2.24) is 10.9 Å². The van der Waals surface area contributed by atoms with Crippen LogP contribution in [-0.2, 0) is 0 Å². The van der Waals surface area contributed by atoms with Crippen LogP contribution in [0.25, 0.3) is 6.08 Å². The Morgan fingerprint density at radius 2 is 1.64 bits per heavy atom. The van der Waals surface area contributed by atoms with Gasteiger partial charge in [0.25, 0.3) is 0 Å². The van der Waals surface area contributed by atoms with E-state index in [2.05, 4.69) is 16.2 Å². The van der Waals surface area contributed by atoms with Gasteiger partial charge in [0, 0.05) is 11.4 Å². The number of ether oxygens (including phenoxy) is 2. The Morgan fingerprint density at radius 3 is 2.24 bits per heavy atom. The van der Waals surface area contributed by atoms with Gasteiger partial charge in [0.15, 0.2) is 5.11 Å². The molecule has 132 valence electrons. The van der Waals surface area contributed by atoms with Gasteiger partial charge in [-0.25, -0.2) is 0 Å². The zero-order valence-electron chi connectivity index (χ0n) is 14.6. The minimum absolute atomic E-state index is 0.478. The lowest BCUT2D eigenvalue weighted by Crippen LogP contribution is -2.38. The minimum Gasteiger partial charge on any atom is -0.497 e. The lowest BCUT2D eigenvalue weighted by Gasteiger charge is -2.13. The van der Waals surface area contributed by atoms with Crippen molar-refractivity contribution in [1.29, 1.82) is 0 Å². The van der Waals surface area contributed by atoms with Gasteiger partial charge in [-0.1, -0.05) is 12.1 Å². The smallest absolute Gasteiger partial charge is 0.189 e. The van der Waals surface area contributed by atoms with Crippen molar-refractivity contribution < 1.29 is 9.47 Å². The van der Waals surface area contributed by atoms with Gasteiger partial charge >= 0.3 is 0 Å². The number of methoxy groups -OCH3 is 1. The Hall–Kier alpha value is -2.73. The Balaban J connectivity index is 1.82. The second-order valence-corrected chi connectivity index (χ2v) is 5.67. The quantitative estimate of drug-likeness (QED) is 0.515. The van der Waals surface area contributed by atoms with Crippen LogP contribution in [0.3, 0.4) is 0 Å². The number of benzene rings is 2. The second kappa shape index (κ2) is 9.54. The normalized spacial score (nSPS) is 10.8. The number of hydrazine groups is 1. The average molecular weight is 357 g/mol. The molecule has 0 saturated carbocycles. The van der Waals surface area contributed by atoms with Crippen molar-refractivity contribution in [2.75, 3.05) is 19.0 Å². The SMILES string of the molecule is CCOc1ccc(NC(=S)NN/C(C)=C/c2ccc(OC)cc2)cc1. The topological polar surface area (TPSA) is 54.5 Å². The molecule has 0 spiro atoms. The maximum atomic E-state index is 5.41. The molecule has 0 aliphatic heterocycles. The number of hydrogen-bond donors (Lipinski definition) is 3. The summed E-state index contributed by atoms with van der Waals surface area (Å²) in [5, 5.41) is 3.58. The van der Waals surface area contributed by atoms with Crippen molar-refractivity contribution in [2.24, 2.45) is 0 Å². The molecule has 5 nitrogen and oxygen atoms in total. The Kier molecular flexibility index (Phi) is 7.10. The van der Waals surface area contributed by atoms with E-state index in [4.69, 9.17) is 21.7 Å². The highest BCUT2D eigenvalue weighted by Crippen LogP contribution is 2.15. The highest BCUT2D eigenvalue weighted by atomic mass is 32.1. The van der Waals surface area contributed by atoms with E-state index in [-0.39, 0.29) is 0 Å². The number of anilines is 1. The molecule has 0 saturated heterocycles. The van der Waals surface area contributed by atoms with Crippen molar-refractivity contribution in [2.45, 2.75) is 13.8 Å². The molecule has 0 aromatic heterocycles. The maximum absolute atomic E-state index is 5.41. The van der Waals surface area contributed by atoms with Gasteiger partial charge in [0.05, 0.1) is 13.7 Å². The van der Waals surface area contributed by atoms with E-state index in [1.165, 1.54) is 0 Å². The van der Waals surface area contributed by atoms with Gasteiger partial charge in [-0.3, -0.25) is 5.43 Å². The van der Waals surface area contributed by atoms with E-state index >= 15 is 0 Å². The summed E-state index contributed by atoms with van der Waals surface area (Å²) in [6.07, 6.45) is 2.01. The summed E-state index contributed by atoms with van der Waals surface area (Å²) in [5.41, 5.74) is 8.91. The monoisotopic (exact) mass is 357 g/mol. The Labute approximate surface area is 154 Å². The highest BCUT2D eigenvalue weighted by Gasteiger charge is 1.99. The van der Waals surface area contributed by atoms with Crippen LogP contribution in [0.5, 0.6) is 11.5 Å². The Bertz CT molecular complexity index is 712. The molecule has 0 fully saturated rings. The standard InChI is InChI=1S/C19H23N3O2S/c1-4-24-18-11-7-16(8-12-18)20-19(25)22-21-14(2)13-15-5-9-17(23-3)10-6-15/h5-13,21H,4H2,1-3H3,(H2,20,22,25)/b14-13+. The number of thiocarbonyl (C=S) groups is 1. The fourth-order valence-electron chi connectivity index (χ4n) is 2.11. The predicted octanol–water partition coefficient (Wildman–Crippen LogP) is 3.95. The molecule has 2 aromatic carbocycles. The third-order valence-electron chi connectivity index (χ3n) is 3.30. The number of nitrogens with one attached hydrogen (secondary N) is 3. The van der Waals surface area contributed by atoms with Crippen LogP contribution in [0.2, 0.25) is 0 Å². The number of hydrogen-bond acceptors (Lipinski definition) is 4. The molecule has 0 amide bonds. The maximum Gasteiger partial charge on any atom is 0.189 e. The van der Waals surface area contributed by atoms with E-state index in [0.717, 1.165) is 28.4 Å². The van der Waals surface area contributed by atoms with Crippen LogP contribution in [0.4, 0.5) is 5.69 Å². The fourth-order valence-corrected chi connectivity index (χ4v) is 2.27. The van der Waals surface area contributed by atoms with Crippen molar-refractivity contribution in [3.63, 3.8) is 0 Å². The third kappa shape index (κ3) is 6.35. The van der Waals surface area contributed by atoms with E-state index in [9.17, 15) is 0 Å². The fraction of sp³-hybridized carbons (Fsp3) is 0.211. The molecule has 0 heterocycles. The van der Waals surface area contributed by atoms with Crippen LogP contribution in [0.15, 0.2) is 54.2 Å². The zero-order valence-corrected chi connectivity index (χ0v) is 15.4. The van der Waals surface area contributed by atoms with Gasteiger partial charge in [-0.05, 0) is 74.1 Å². The van der Waals surface area contributed by atoms with Crippen LogP contribution in [0, 0.1) is 0 Å². The molecule has 2 aromatic rings. The molecule has 0 atom stereocenters. The van der Waals surface area contributed by atoms with E-state index in [1.807, 2.05) is 68.5 Å². The summed E-state index contributed by atoms with van der Waals surface area (Å²) in [6.45, 7) is 4.56. The van der Waals surface area contributed by atoms with E-state index < -0.39 is 0 Å². The van der Waals surface area contributed by atoms with Crippen LogP contribution in [0.1, 0.15) is 19.4 Å². The molecule has 3 N–H and O–H groups in total. The lowest BCUT2D eigenvalue weighted by molar-refractivity contribution is 0.340. The van der Waals surface area contributed by atoms with Gasteiger partial charge in [0.1, 0.15) is 11.5 Å². The molecule has 2 rings (SSSR count). The van der Waals surface area contributed by atoms with E-state index in [1.54, 1.807) is 7.11 Å². The van der Waals surface area contributed by atoms with Crippen LogP contribution >= 0.6 is 12.2 Å². The molecule has 0 bridgehead atoms. The molecule has 0 aliphatic carbocycles. The molecule has 25 heavy (non-hydrogen) atoms. The number of allylic oxidation sites excluding steroid dienone is 1. The van der Waals surface area contributed by atoms with Crippen LogP contribution in [-0.4, -0.2) is 18.8 Å². The summed E-state index contributed by atoms with van der Waals surface area (Å²) in [5.74, 6) is 1.67. The van der Waals surface area contributed by atoms with E-state index in [0.29, 0.717) is 11.7 Å². The largest absolute Gasteiger partial charge is 0.497 e. The minimum atomic E-state index is 0.478. The number of rotatable bonds is 7. The summed E-state index contributed by atoms with van der Waals surface area (Å²) < 4.78 is 10.6. The summed E-state index contributed by atoms with van der Waals surface area (Å²) >= 11 is 5.28. The van der Waals surface area contributed by atoms with Gasteiger partial charge in [0.2, 0.25) is 0 Å². The average Bonchev–Trinajstić information content (AvgIpc) is 2.62. The second-order valence-electron chi connectivity index (χ2n) is 5.26. The summed E-state index contributed by atoms with van der Waals surface area (Å²) in [6, 6.07) is 15.4. The third-order valence-corrected chi connectivity index (χ3v) is 3.50. The summed E-state index contributed by atoms with van der Waals surface area (Å²) in [7, 11) is 1.65. The van der Waals surface area contributed by atoms with Gasteiger partial charge in [-0.15, -0.1) is 0 Å². The molecule has 0 aliphatic rings. The van der Waals surface area contributed by atoms with Crippen molar-refractivity contribution >= 4 is 29.1 Å². The Morgan fingerprint density at radius 1 is 1.00 bits per heavy atom. The first-order chi connectivity index (χ1) is 12.1. The molecular formula is C19H23N3O2S. The first kappa shape index (κ1) is 18.6. The molecule has 0 unspecified atom stereocenters. The molecule has 6 heteroatoms. The first-order valence-corrected chi connectivity index (χ1v) is 8.39. The van der Waals surface area contributed by atoms with Crippen molar-refractivity contribution in [3.05, 3.63) is 59.8 Å². The van der Waals surface area contributed by atoms with Crippen molar-refractivity contribution in [3.8, 4) is 11.5 Å². The molecule has 0 radical (unpaired) electrons. The van der Waals surface area contributed by atoms with Gasteiger partial charge < -0.3 is 20.2 Å². The first-order valence-electron chi connectivity index (χ1n) is 7.99. The zero-order chi connectivity index (χ0) is 18.1. The highest BCUT2D eigenvalue weighted by molar-refractivity contribution is 7.80.